The molecule has 6 heteroatoms. The maximum atomic E-state index is 14.2. The van der Waals surface area contributed by atoms with Gasteiger partial charge < -0.3 is 16.2 Å². The van der Waals surface area contributed by atoms with Gasteiger partial charge in [-0.3, -0.25) is 5.41 Å². The van der Waals surface area contributed by atoms with E-state index in [1.54, 1.807) is 6.07 Å². The van der Waals surface area contributed by atoms with Crippen LogP contribution in [0.2, 0.25) is 0 Å². The van der Waals surface area contributed by atoms with Gasteiger partial charge in [0.2, 0.25) is 5.90 Å². The highest BCUT2D eigenvalue weighted by atomic mass is 19.1. The number of halogens is 1. The van der Waals surface area contributed by atoms with Crippen LogP contribution in [0, 0.1) is 25.1 Å². The number of nitrogens with one attached hydrogen (secondary N) is 1. The fraction of sp³-hybridized carbons (Fsp3) is 0.429. The molecule has 0 spiro atoms. The summed E-state index contributed by atoms with van der Waals surface area (Å²) >= 11 is 0. The highest BCUT2D eigenvalue weighted by Gasteiger charge is 2.54. The number of aryl methyl sites for hydroxylation is 1. The molecule has 0 saturated heterocycles. The van der Waals surface area contributed by atoms with Crippen LogP contribution in [0.3, 0.4) is 0 Å². The van der Waals surface area contributed by atoms with Crippen molar-refractivity contribution in [1.82, 2.24) is 0 Å². The lowest BCUT2D eigenvalue weighted by atomic mass is 9.83. The van der Waals surface area contributed by atoms with Crippen LogP contribution in [0.25, 0.3) is 0 Å². The molecule has 5 N–H and O–H groups in total. The van der Waals surface area contributed by atoms with Crippen LogP contribution >= 0.6 is 0 Å². The Hall–Kier alpha value is -1.95. The third-order valence-electron chi connectivity index (χ3n) is 4.06. The first-order valence-electron chi connectivity index (χ1n) is 6.37. The number of hydrogen-bond acceptors (Lipinski definition) is 4. The summed E-state index contributed by atoms with van der Waals surface area (Å²) in [5.41, 5.74) is 12.5. The van der Waals surface area contributed by atoms with Crippen LogP contribution in [0.15, 0.2) is 12.1 Å². The Morgan fingerprint density at radius 3 is 2.55 bits per heavy atom. The fourth-order valence-electron chi connectivity index (χ4n) is 2.67. The van der Waals surface area contributed by atoms with Crippen molar-refractivity contribution >= 4 is 12.0 Å². The van der Waals surface area contributed by atoms with Gasteiger partial charge in [0.25, 0.3) is 0 Å². The molecule has 1 saturated carbocycles. The number of benzene rings is 1. The zero-order valence-corrected chi connectivity index (χ0v) is 11.5. The highest BCUT2D eigenvalue weighted by Crippen LogP contribution is 2.52. The topological polar surface area (TPSA) is 102 Å². The van der Waals surface area contributed by atoms with Crippen molar-refractivity contribution in [2.75, 3.05) is 0 Å². The average molecular weight is 279 g/mol. The molecule has 20 heavy (non-hydrogen) atoms. The number of ether oxygens (including phenoxy) is 1. The second-order valence-electron chi connectivity index (χ2n) is 5.28. The highest BCUT2D eigenvalue weighted by molar-refractivity contribution is 5.90. The molecule has 0 aliphatic heterocycles. The fourth-order valence-corrected chi connectivity index (χ4v) is 2.67. The number of carbonyl (C=O) groups is 1. The van der Waals surface area contributed by atoms with Gasteiger partial charge >= 0.3 is 6.09 Å². The van der Waals surface area contributed by atoms with Crippen molar-refractivity contribution in [3.63, 3.8) is 0 Å². The number of primary amides is 1. The second-order valence-corrected chi connectivity index (χ2v) is 5.28. The molecule has 1 aliphatic carbocycles. The number of rotatable bonds is 3. The van der Waals surface area contributed by atoms with Crippen LogP contribution in [0.4, 0.5) is 9.18 Å². The Bertz CT molecular complexity index is 582. The Kier molecular flexibility index (Phi) is 3.52. The third-order valence-corrected chi connectivity index (χ3v) is 4.06. The van der Waals surface area contributed by atoms with E-state index in [1.807, 2.05) is 13.8 Å². The van der Waals surface area contributed by atoms with Gasteiger partial charge in [0.1, 0.15) is 5.82 Å². The van der Waals surface area contributed by atoms with Crippen molar-refractivity contribution in [1.29, 1.82) is 5.41 Å². The molecular formula is C14H18FN3O2. The third kappa shape index (κ3) is 2.27. The van der Waals surface area contributed by atoms with E-state index in [2.05, 4.69) is 4.74 Å². The molecule has 2 rings (SSSR count). The second kappa shape index (κ2) is 4.86. The van der Waals surface area contributed by atoms with Gasteiger partial charge in [-0.2, -0.15) is 0 Å². The maximum absolute atomic E-state index is 14.2. The molecule has 1 aromatic carbocycles. The molecule has 5 nitrogen and oxygen atoms in total. The van der Waals surface area contributed by atoms with Gasteiger partial charge in [-0.15, -0.1) is 0 Å². The Balaban J connectivity index is 2.39. The number of carbonyl (C=O) groups excluding carboxylic acids is 1. The van der Waals surface area contributed by atoms with E-state index < -0.39 is 23.4 Å². The summed E-state index contributed by atoms with van der Waals surface area (Å²) in [5, 5.41) is 7.69. The van der Waals surface area contributed by atoms with Gasteiger partial charge in [0.15, 0.2) is 0 Å². The van der Waals surface area contributed by atoms with Gasteiger partial charge in [0, 0.05) is 5.41 Å². The minimum absolute atomic E-state index is 0.340. The monoisotopic (exact) mass is 279 g/mol. The predicted octanol–water partition coefficient (Wildman–Crippen LogP) is 1.87. The Labute approximate surface area is 116 Å². The first-order chi connectivity index (χ1) is 9.29. The van der Waals surface area contributed by atoms with Crippen molar-refractivity contribution in [2.45, 2.75) is 38.1 Å². The van der Waals surface area contributed by atoms with E-state index in [0.29, 0.717) is 18.4 Å². The van der Waals surface area contributed by atoms with Crippen LogP contribution in [0.5, 0.6) is 0 Å². The maximum Gasteiger partial charge on any atom is 0.411 e. The summed E-state index contributed by atoms with van der Waals surface area (Å²) < 4.78 is 18.7. The molecule has 1 unspecified atom stereocenters. The van der Waals surface area contributed by atoms with Gasteiger partial charge in [-0.25, -0.2) is 9.18 Å². The van der Waals surface area contributed by atoms with E-state index in [1.165, 1.54) is 6.07 Å². The summed E-state index contributed by atoms with van der Waals surface area (Å²) in [6.07, 6.45) is 0.224. The van der Waals surface area contributed by atoms with E-state index >= 15 is 0 Å². The molecular weight excluding hydrogens is 261 g/mol. The van der Waals surface area contributed by atoms with Gasteiger partial charge in [-0.05, 0) is 49.4 Å². The Morgan fingerprint density at radius 1 is 1.45 bits per heavy atom. The van der Waals surface area contributed by atoms with E-state index in [4.69, 9.17) is 16.9 Å². The van der Waals surface area contributed by atoms with Gasteiger partial charge in [-0.1, -0.05) is 6.07 Å². The number of amides is 1. The lowest BCUT2D eigenvalue weighted by molar-refractivity contribution is 0.204. The van der Waals surface area contributed by atoms with Crippen LogP contribution in [-0.2, 0) is 10.2 Å². The summed E-state index contributed by atoms with van der Waals surface area (Å²) in [6, 6.07) is 2.23. The van der Waals surface area contributed by atoms with Crippen molar-refractivity contribution in [2.24, 2.45) is 11.5 Å². The molecule has 0 bridgehead atoms. The Morgan fingerprint density at radius 2 is 2.05 bits per heavy atom. The van der Waals surface area contributed by atoms with Crippen LogP contribution < -0.4 is 11.5 Å². The standard InChI is InChI=1S/C14H18FN3O2/c1-7-3-4-9(15)10(8(7)2)14(5-6-14)11(16)12(17)20-13(18)19/h3-4,11,17H,5-6,16H2,1-2H3,(H2,18,19). The minimum atomic E-state index is -1.08. The summed E-state index contributed by atoms with van der Waals surface area (Å²) in [4.78, 5) is 10.7. The zero-order chi connectivity index (χ0) is 15.1. The summed E-state index contributed by atoms with van der Waals surface area (Å²) in [6.45, 7) is 3.73. The molecule has 0 aromatic heterocycles. The first kappa shape index (κ1) is 14.5. The summed E-state index contributed by atoms with van der Waals surface area (Å²) in [7, 11) is 0. The minimum Gasteiger partial charge on any atom is -0.394 e. The lowest BCUT2D eigenvalue weighted by Gasteiger charge is -2.26. The molecule has 108 valence electrons. The molecule has 0 radical (unpaired) electrons. The van der Waals surface area contributed by atoms with Crippen LogP contribution in [0.1, 0.15) is 29.5 Å². The molecule has 1 amide bonds. The van der Waals surface area contributed by atoms with E-state index in [0.717, 1.165) is 11.1 Å². The number of hydrogen-bond donors (Lipinski definition) is 3. The molecule has 1 fully saturated rings. The molecule has 1 aliphatic rings. The normalized spacial score (nSPS) is 17.4. The smallest absolute Gasteiger partial charge is 0.394 e. The molecule has 1 atom stereocenters. The van der Waals surface area contributed by atoms with E-state index in [9.17, 15) is 9.18 Å². The quantitative estimate of drug-likeness (QED) is 0.581. The van der Waals surface area contributed by atoms with Crippen molar-refractivity contribution in [3.05, 3.63) is 34.6 Å². The lowest BCUT2D eigenvalue weighted by Crippen LogP contribution is -2.45. The number of nitrogens with two attached hydrogens (primary N) is 2. The predicted molar refractivity (Wildman–Crippen MR) is 73.2 cm³/mol. The zero-order valence-electron chi connectivity index (χ0n) is 11.5. The summed E-state index contributed by atoms with van der Waals surface area (Å²) in [5.74, 6) is -0.761. The van der Waals surface area contributed by atoms with E-state index in [-0.39, 0.29) is 5.82 Å². The first-order valence-corrected chi connectivity index (χ1v) is 6.37. The average Bonchev–Trinajstić information content (AvgIpc) is 3.14. The molecule has 1 aromatic rings. The van der Waals surface area contributed by atoms with Crippen molar-refractivity contribution in [3.8, 4) is 0 Å². The SMILES string of the molecule is Cc1ccc(F)c(C2(C(N)C(=N)OC(N)=O)CC2)c1C. The molecule has 0 heterocycles. The van der Waals surface area contributed by atoms with Gasteiger partial charge in [0.05, 0.1) is 6.04 Å². The van der Waals surface area contributed by atoms with Crippen molar-refractivity contribution < 1.29 is 13.9 Å². The van der Waals surface area contributed by atoms with Crippen LogP contribution in [-0.4, -0.2) is 18.0 Å². The largest absolute Gasteiger partial charge is 0.411 e.